The minimum absolute atomic E-state index is 0.331. The number of benzene rings is 4. The summed E-state index contributed by atoms with van der Waals surface area (Å²) in [6.07, 6.45) is 4.45. The fraction of sp³-hybridized carbons (Fsp3) is 0.135. The van der Waals surface area contributed by atoms with Crippen molar-refractivity contribution in [1.29, 1.82) is 0 Å². The van der Waals surface area contributed by atoms with Crippen molar-refractivity contribution in [2.24, 2.45) is 0 Å². The van der Waals surface area contributed by atoms with Gasteiger partial charge in [0.05, 0.1) is 17.1 Å². The molecule has 0 aliphatic heterocycles. The van der Waals surface area contributed by atoms with Crippen molar-refractivity contribution in [2.75, 3.05) is 21.3 Å². The normalized spacial score (nSPS) is 10.8. The number of aromatic nitrogens is 3. The maximum atomic E-state index is 13.4. The van der Waals surface area contributed by atoms with E-state index in [-0.39, 0.29) is 0 Å². The van der Waals surface area contributed by atoms with E-state index in [1.807, 2.05) is 79.7 Å². The molecule has 2 aromatic heterocycles. The lowest BCUT2D eigenvalue weighted by Gasteiger charge is -2.15. The minimum atomic E-state index is -0.417. The van der Waals surface area contributed by atoms with Gasteiger partial charge in [0, 0.05) is 34.8 Å². The number of para-hydroxylation sites is 1. The molecule has 0 aliphatic carbocycles. The summed E-state index contributed by atoms with van der Waals surface area (Å²) in [6.45, 7) is 4.18. The fourth-order valence-corrected chi connectivity index (χ4v) is 5.09. The average Bonchev–Trinajstić information content (AvgIpc) is 3.47. The van der Waals surface area contributed by atoms with Crippen LogP contribution in [0.1, 0.15) is 31.0 Å². The number of aryl methyl sites for hydroxylation is 2. The van der Waals surface area contributed by atoms with Crippen molar-refractivity contribution in [3.05, 3.63) is 127 Å². The number of unbranched alkanes of at least 4 members (excludes halogenated alkanes) is 1. The number of urea groups is 2. The van der Waals surface area contributed by atoms with Crippen LogP contribution in [-0.4, -0.2) is 26.8 Å². The largest absolute Gasteiger partial charge is 0.457 e. The second-order valence-electron chi connectivity index (χ2n) is 11.0. The zero-order valence-electron chi connectivity index (χ0n) is 26.2. The van der Waals surface area contributed by atoms with Crippen LogP contribution in [0.2, 0.25) is 0 Å². The van der Waals surface area contributed by atoms with Gasteiger partial charge in [0.2, 0.25) is 0 Å². The summed E-state index contributed by atoms with van der Waals surface area (Å²) in [5.41, 5.74) is 4.21. The Hall–Kier alpha value is -6.16. The highest BCUT2D eigenvalue weighted by molar-refractivity contribution is 6.07. The van der Waals surface area contributed by atoms with Crippen LogP contribution >= 0.6 is 0 Å². The van der Waals surface area contributed by atoms with Gasteiger partial charge < -0.3 is 15.4 Å². The fourth-order valence-electron chi connectivity index (χ4n) is 5.09. The van der Waals surface area contributed by atoms with Crippen LogP contribution in [-0.2, 0) is 6.42 Å². The molecule has 4 amide bonds. The van der Waals surface area contributed by atoms with Gasteiger partial charge in [-0.25, -0.2) is 19.3 Å². The number of ether oxygens (including phenoxy) is 1. The molecule has 47 heavy (non-hydrogen) atoms. The molecule has 0 radical (unpaired) electrons. The summed E-state index contributed by atoms with van der Waals surface area (Å²) >= 11 is 0. The smallest absolute Gasteiger partial charge is 0.324 e. The van der Waals surface area contributed by atoms with E-state index in [2.05, 4.69) is 33.2 Å². The highest BCUT2D eigenvalue weighted by Gasteiger charge is 2.15. The Morgan fingerprint density at radius 3 is 2.30 bits per heavy atom. The lowest BCUT2D eigenvalue weighted by Crippen LogP contribution is -2.21. The summed E-state index contributed by atoms with van der Waals surface area (Å²) < 4.78 is 8.01. The number of hydrogen-bond acceptors (Lipinski definition) is 5. The number of nitrogens with zero attached hydrogens (tertiary/aromatic N) is 3. The van der Waals surface area contributed by atoms with Crippen molar-refractivity contribution in [2.45, 2.75) is 33.1 Å². The quantitative estimate of drug-likeness (QED) is 0.121. The molecule has 0 saturated carbocycles. The van der Waals surface area contributed by atoms with Crippen LogP contribution in [0.3, 0.4) is 0 Å². The lowest BCUT2D eigenvalue weighted by atomic mass is 10.1. The Balaban J connectivity index is 1.18. The van der Waals surface area contributed by atoms with E-state index in [9.17, 15) is 9.59 Å². The van der Waals surface area contributed by atoms with E-state index >= 15 is 0 Å². The highest BCUT2D eigenvalue weighted by Crippen LogP contribution is 2.35. The number of anilines is 4. The van der Waals surface area contributed by atoms with Gasteiger partial charge in [0.1, 0.15) is 23.1 Å². The Bertz CT molecular complexity index is 2010. The Morgan fingerprint density at radius 2 is 1.51 bits per heavy atom. The SMILES string of the molecule is CCCCc1cc(NC(=O)Nc2ccc(Oc3ccnc(NC(=O)Nc4ccccc4)c3)c3ccccc23)n(-c2ccc(C)cc2)n1. The van der Waals surface area contributed by atoms with Crippen molar-refractivity contribution >= 4 is 45.8 Å². The molecule has 0 atom stereocenters. The summed E-state index contributed by atoms with van der Waals surface area (Å²) in [4.78, 5) is 30.1. The number of pyridine rings is 1. The zero-order valence-corrected chi connectivity index (χ0v) is 26.2. The highest BCUT2D eigenvalue weighted by atomic mass is 16.5. The number of carbonyl (C=O) groups excluding carboxylic acids is 2. The van der Waals surface area contributed by atoms with E-state index in [1.165, 1.54) is 0 Å². The first-order chi connectivity index (χ1) is 22.9. The number of carbonyl (C=O) groups is 2. The van der Waals surface area contributed by atoms with Gasteiger partial charge in [-0.3, -0.25) is 10.6 Å². The predicted octanol–water partition coefficient (Wildman–Crippen LogP) is 9.15. The molecule has 0 fully saturated rings. The van der Waals surface area contributed by atoms with E-state index in [1.54, 1.807) is 47.3 Å². The number of nitrogens with one attached hydrogen (secondary N) is 4. The standard InChI is InChI=1S/C37H35N7O3/c1-3-4-10-27-23-35(44(43-27)28-17-15-25(2)16-18-28)42-37(46)40-32-19-20-33(31-14-9-8-13-30(31)32)47-29-21-22-38-34(24-29)41-36(45)39-26-11-6-5-7-12-26/h5-9,11-24H,3-4,10H2,1-2H3,(H2,40,42,46)(H2,38,39,41,45). The van der Waals surface area contributed by atoms with Gasteiger partial charge >= 0.3 is 12.1 Å². The summed E-state index contributed by atoms with van der Waals surface area (Å²) in [5.74, 6) is 1.98. The van der Waals surface area contributed by atoms with Crippen LogP contribution in [0.15, 0.2) is 115 Å². The first-order valence-electron chi connectivity index (χ1n) is 15.5. The minimum Gasteiger partial charge on any atom is -0.457 e. The number of rotatable bonds is 10. The zero-order chi connectivity index (χ0) is 32.6. The molecule has 4 N–H and O–H groups in total. The van der Waals surface area contributed by atoms with Crippen molar-refractivity contribution in [3.63, 3.8) is 0 Å². The lowest BCUT2D eigenvalue weighted by molar-refractivity contribution is 0.261. The summed E-state index contributed by atoms with van der Waals surface area (Å²) in [5, 5.41) is 17.9. The van der Waals surface area contributed by atoms with Gasteiger partial charge in [-0.05, 0) is 62.2 Å². The molecule has 0 unspecified atom stereocenters. The molecule has 236 valence electrons. The maximum Gasteiger partial charge on any atom is 0.324 e. The molecule has 6 rings (SSSR count). The van der Waals surface area contributed by atoms with Crippen LogP contribution in [0.25, 0.3) is 16.5 Å². The third-order valence-corrected chi connectivity index (χ3v) is 7.43. The first-order valence-corrected chi connectivity index (χ1v) is 15.5. The predicted molar refractivity (Wildman–Crippen MR) is 187 cm³/mol. The molecule has 0 saturated heterocycles. The van der Waals surface area contributed by atoms with E-state index < -0.39 is 12.1 Å². The summed E-state index contributed by atoms with van der Waals surface area (Å²) in [7, 11) is 0. The third kappa shape index (κ3) is 7.74. The first kappa shape index (κ1) is 30.8. The number of fused-ring (bicyclic) bond motifs is 1. The van der Waals surface area contributed by atoms with Crippen LogP contribution in [0, 0.1) is 6.92 Å². The van der Waals surface area contributed by atoms with Gasteiger partial charge in [-0.1, -0.05) is 73.5 Å². The molecule has 10 heteroatoms. The molecule has 0 spiro atoms. The van der Waals surface area contributed by atoms with Gasteiger partial charge in [0.15, 0.2) is 0 Å². The second-order valence-corrected chi connectivity index (χ2v) is 11.0. The molecular weight excluding hydrogens is 590 g/mol. The maximum absolute atomic E-state index is 13.4. The number of amides is 4. The molecule has 2 heterocycles. The Labute approximate surface area is 272 Å². The Kier molecular flexibility index (Phi) is 9.38. The summed E-state index contributed by atoms with van der Waals surface area (Å²) in [6, 6.07) is 32.9. The van der Waals surface area contributed by atoms with Crippen LogP contribution in [0.4, 0.5) is 32.6 Å². The van der Waals surface area contributed by atoms with Gasteiger partial charge in [-0.15, -0.1) is 0 Å². The van der Waals surface area contributed by atoms with Crippen molar-refractivity contribution in [1.82, 2.24) is 14.8 Å². The number of hydrogen-bond donors (Lipinski definition) is 4. The molecule has 10 nitrogen and oxygen atoms in total. The molecular formula is C37H35N7O3. The van der Waals surface area contributed by atoms with E-state index in [0.717, 1.165) is 47.0 Å². The van der Waals surface area contributed by atoms with E-state index in [4.69, 9.17) is 9.84 Å². The molecule has 0 aliphatic rings. The molecule has 4 aromatic carbocycles. The second kappa shape index (κ2) is 14.3. The topological polar surface area (TPSA) is 122 Å². The van der Waals surface area contributed by atoms with Crippen molar-refractivity contribution < 1.29 is 14.3 Å². The third-order valence-electron chi connectivity index (χ3n) is 7.43. The van der Waals surface area contributed by atoms with Gasteiger partial charge in [0.25, 0.3) is 0 Å². The Morgan fingerprint density at radius 1 is 0.766 bits per heavy atom. The van der Waals surface area contributed by atoms with Crippen LogP contribution in [0.5, 0.6) is 11.5 Å². The van der Waals surface area contributed by atoms with Crippen molar-refractivity contribution in [3.8, 4) is 17.2 Å². The molecule has 6 aromatic rings. The van der Waals surface area contributed by atoms with Gasteiger partial charge in [-0.2, -0.15) is 5.10 Å². The van der Waals surface area contributed by atoms with Crippen LogP contribution < -0.4 is 26.0 Å². The monoisotopic (exact) mass is 625 g/mol. The average molecular weight is 626 g/mol. The molecule has 0 bridgehead atoms. The van der Waals surface area contributed by atoms with E-state index in [0.29, 0.717) is 34.5 Å².